The fourth-order valence-electron chi connectivity index (χ4n) is 2.35. The summed E-state index contributed by atoms with van der Waals surface area (Å²) in [7, 11) is 0. The molecular formula is C13H14ClN3. The lowest BCUT2D eigenvalue weighted by Crippen LogP contribution is -2.16. The number of hydrogen-bond donors (Lipinski definition) is 1. The van der Waals surface area contributed by atoms with Gasteiger partial charge in [0, 0.05) is 6.04 Å². The minimum Gasteiger partial charge on any atom is -0.309 e. The Balaban J connectivity index is 2.04. The van der Waals surface area contributed by atoms with Gasteiger partial charge in [-0.15, -0.1) is 0 Å². The summed E-state index contributed by atoms with van der Waals surface area (Å²) in [6.07, 6.45) is 6.14. The molecule has 0 saturated carbocycles. The second-order valence-electron chi connectivity index (χ2n) is 4.29. The Bertz CT molecular complexity index is 515. The van der Waals surface area contributed by atoms with Crippen LogP contribution in [0.2, 0.25) is 5.02 Å². The number of aromatic nitrogens is 2. The average Bonchev–Trinajstić information content (AvgIpc) is 3.00. The predicted octanol–water partition coefficient (Wildman–Crippen LogP) is 2.95. The Morgan fingerprint density at radius 2 is 2.24 bits per heavy atom. The summed E-state index contributed by atoms with van der Waals surface area (Å²) in [5.41, 5.74) is 2.19. The summed E-state index contributed by atoms with van der Waals surface area (Å²) in [6, 6.07) is 8.25. The minimum atomic E-state index is 0.397. The SMILES string of the molecule is Clc1ccccc1-n1cncc1C1CCCN1. The smallest absolute Gasteiger partial charge is 0.0995 e. The van der Waals surface area contributed by atoms with Crippen molar-refractivity contribution in [2.24, 2.45) is 0 Å². The molecule has 2 aromatic rings. The van der Waals surface area contributed by atoms with Crippen LogP contribution in [-0.2, 0) is 0 Å². The molecule has 0 amide bonds. The summed E-state index contributed by atoms with van der Waals surface area (Å²) in [5, 5.41) is 4.24. The van der Waals surface area contributed by atoms with E-state index in [0.29, 0.717) is 6.04 Å². The summed E-state index contributed by atoms with van der Waals surface area (Å²) < 4.78 is 2.07. The molecule has 0 bridgehead atoms. The van der Waals surface area contributed by atoms with E-state index in [2.05, 4.69) is 14.9 Å². The average molecular weight is 248 g/mol. The van der Waals surface area contributed by atoms with Gasteiger partial charge < -0.3 is 9.88 Å². The van der Waals surface area contributed by atoms with E-state index in [0.717, 1.165) is 23.7 Å². The first-order valence-corrected chi connectivity index (χ1v) is 6.24. The first-order valence-electron chi connectivity index (χ1n) is 5.87. The molecule has 1 atom stereocenters. The van der Waals surface area contributed by atoms with Crippen LogP contribution in [0, 0.1) is 0 Å². The molecular weight excluding hydrogens is 234 g/mol. The number of nitrogens with zero attached hydrogens (tertiary/aromatic N) is 2. The van der Waals surface area contributed by atoms with Crippen LogP contribution < -0.4 is 5.32 Å². The van der Waals surface area contributed by atoms with E-state index in [4.69, 9.17) is 11.6 Å². The maximum absolute atomic E-state index is 6.23. The number of halogens is 1. The number of imidazole rings is 1. The third-order valence-corrected chi connectivity index (χ3v) is 3.52. The Kier molecular flexibility index (Phi) is 2.87. The Labute approximate surface area is 105 Å². The molecule has 1 aromatic carbocycles. The molecule has 1 aromatic heterocycles. The molecule has 0 radical (unpaired) electrons. The lowest BCUT2D eigenvalue weighted by atomic mass is 10.1. The van der Waals surface area contributed by atoms with E-state index in [9.17, 15) is 0 Å². The maximum atomic E-state index is 6.23. The van der Waals surface area contributed by atoms with Crippen LogP contribution in [0.15, 0.2) is 36.8 Å². The van der Waals surface area contributed by atoms with Gasteiger partial charge in [-0.2, -0.15) is 0 Å². The fraction of sp³-hybridized carbons (Fsp3) is 0.308. The highest BCUT2D eigenvalue weighted by Gasteiger charge is 2.20. The number of rotatable bonds is 2. The van der Waals surface area contributed by atoms with Crippen LogP contribution in [0.25, 0.3) is 5.69 Å². The first-order chi connectivity index (χ1) is 8.36. The molecule has 1 saturated heterocycles. The number of nitrogens with one attached hydrogen (secondary N) is 1. The largest absolute Gasteiger partial charge is 0.309 e. The molecule has 4 heteroatoms. The molecule has 1 aliphatic heterocycles. The lowest BCUT2D eigenvalue weighted by Gasteiger charge is -2.14. The molecule has 1 unspecified atom stereocenters. The quantitative estimate of drug-likeness (QED) is 0.884. The van der Waals surface area contributed by atoms with E-state index >= 15 is 0 Å². The second kappa shape index (κ2) is 4.51. The second-order valence-corrected chi connectivity index (χ2v) is 4.70. The standard InChI is InChI=1S/C13H14ClN3/c14-10-4-1-2-6-12(10)17-9-15-8-13(17)11-5-3-7-16-11/h1-2,4,6,8-9,11,16H,3,5,7H2. The van der Waals surface area contributed by atoms with Gasteiger partial charge in [-0.3, -0.25) is 0 Å². The Morgan fingerprint density at radius 1 is 1.35 bits per heavy atom. The molecule has 3 rings (SSSR count). The van der Waals surface area contributed by atoms with Gasteiger partial charge >= 0.3 is 0 Å². The molecule has 1 N–H and O–H groups in total. The molecule has 3 nitrogen and oxygen atoms in total. The number of para-hydroxylation sites is 1. The summed E-state index contributed by atoms with van der Waals surface area (Å²) in [5.74, 6) is 0. The van der Waals surface area contributed by atoms with Crippen molar-refractivity contribution < 1.29 is 0 Å². The van der Waals surface area contributed by atoms with Gasteiger partial charge in [0.05, 0.1) is 28.9 Å². The third-order valence-electron chi connectivity index (χ3n) is 3.20. The number of hydrogen-bond acceptors (Lipinski definition) is 2. The third kappa shape index (κ3) is 1.96. The molecule has 88 valence electrons. The zero-order valence-electron chi connectivity index (χ0n) is 9.44. The molecule has 17 heavy (non-hydrogen) atoms. The van der Waals surface area contributed by atoms with Gasteiger partial charge in [-0.25, -0.2) is 4.98 Å². The van der Waals surface area contributed by atoms with Gasteiger partial charge in [-0.05, 0) is 31.5 Å². The van der Waals surface area contributed by atoms with Gasteiger partial charge in [0.2, 0.25) is 0 Å². The van der Waals surface area contributed by atoms with Crippen molar-refractivity contribution in [1.29, 1.82) is 0 Å². The Hall–Kier alpha value is -1.32. The zero-order valence-corrected chi connectivity index (χ0v) is 10.2. The van der Waals surface area contributed by atoms with Crippen molar-refractivity contribution in [3.05, 3.63) is 47.5 Å². The van der Waals surface area contributed by atoms with Crippen molar-refractivity contribution >= 4 is 11.6 Å². The van der Waals surface area contributed by atoms with Crippen LogP contribution in [0.1, 0.15) is 24.6 Å². The molecule has 1 aliphatic rings. The van der Waals surface area contributed by atoms with Crippen LogP contribution in [-0.4, -0.2) is 16.1 Å². The highest BCUT2D eigenvalue weighted by atomic mass is 35.5. The van der Waals surface area contributed by atoms with Crippen LogP contribution >= 0.6 is 11.6 Å². The summed E-state index contributed by atoms with van der Waals surface area (Å²) >= 11 is 6.23. The highest BCUT2D eigenvalue weighted by Crippen LogP contribution is 2.27. The summed E-state index contributed by atoms with van der Waals surface area (Å²) in [4.78, 5) is 4.25. The monoisotopic (exact) mass is 247 g/mol. The summed E-state index contributed by atoms with van der Waals surface area (Å²) in [6.45, 7) is 1.08. The van der Waals surface area contributed by atoms with Gasteiger partial charge in [0.25, 0.3) is 0 Å². The topological polar surface area (TPSA) is 29.9 Å². The van der Waals surface area contributed by atoms with Crippen molar-refractivity contribution in [1.82, 2.24) is 14.9 Å². The predicted molar refractivity (Wildman–Crippen MR) is 68.6 cm³/mol. The zero-order chi connectivity index (χ0) is 11.7. The molecule has 1 fully saturated rings. The van der Waals surface area contributed by atoms with E-state index in [1.54, 1.807) is 0 Å². The first kappa shape index (κ1) is 10.8. The van der Waals surface area contributed by atoms with E-state index in [1.807, 2.05) is 36.8 Å². The van der Waals surface area contributed by atoms with Crippen molar-refractivity contribution in [2.75, 3.05) is 6.54 Å². The molecule has 0 spiro atoms. The Morgan fingerprint density at radius 3 is 3.00 bits per heavy atom. The normalized spacial score (nSPS) is 19.7. The number of benzene rings is 1. The van der Waals surface area contributed by atoms with Crippen molar-refractivity contribution in [2.45, 2.75) is 18.9 Å². The van der Waals surface area contributed by atoms with Crippen LogP contribution in [0.4, 0.5) is 0 Å². The molecule has 0 aliphatic carbocycles. The van der Waals surface area contributed by atoms with E-state index < -0.39 is 0 Å². The van der Waals surface area contributed by atoms with Crippen molar-refractivity contribution in [3.8, 4) is 5.69 Å². The highest BCUT2D eigenvalue weighted by molar-refractivity contribution is 6.32. The van der Waals surface area contributed by atoms with Crippen LogP contribution in [0.3, 0.4) is 0 Å². The van der Waals surface area contributed by atoms with E-state index in [1.165, 1.54) is 12.1 Å². The fourth-order valence-corrected chi connectivity index (χ4v) is 2.58. The van der Waals surface area contributed by atoms with E-state index in [-0.39, 0.29) is 0 Å². The van der Waals surface area contributed by atoms with Gasteiger partial charge in [-0.1, -0.05) is 23.7 Å². The van der Waals surface area contributed by atoms with Gasteiger partial charge in [0.1, 0.15) is 0 Å². The van der Waals surface area contributed by atoms with Crippen LogP contribution in [0.5, 0.6) is 0 Å². The molecule has 2 heterocycles. The van der Waals surface area contributed by atoms with Crippen molar-refractivity contribution in [3.63, 3.8) is 0 Å². The lowest BCUT2D eigenvalue weighted by molar-refractivity contribution is 0.615. The minimum absolute atomic E-state index is 0.397. The van der Waals surface area contributed by atoms with Gasteiger partial charge in [0.15, 0.2) is 0 Å². The maximum Gasteiger partial charge on any atom is 0.0995 e.